The molecule has 4 nitrogen and oxygen atoms in total. The average Bonchev–Trinajstić information content (AvgIpc) is 2.56. The lowest BCUT2D eigenvalue weighted by atomic mass is 10.0. The van der Waals surface area contributed by atoms with Crippen molar-refractivity contribution in [2.75, 3.05) is 32.8 Å². The van der Waals surface area contributed by atoms with Crippen LogP contribution in [0.15, 0.2) is 47.6 Å². The number of fused-ring (bicyclic) bond motifs is 1. The average molecular weight is 321 g/mol. The molecule has 22 heavy (non-hydrogen) atoms. The first-order valence-corrected chi connectivity index (χ1v) is 7.37. The minimum atomic E-state index is 0. The number of benzene rings is 2. The van der Waals surface area contributed by atoms with Crippen LogP contribution in [-0.2, 0) is 4.74 Å². The third kappa shape index (κ3) is 3.97. The fourth-order valence-corrected chi connectivity index (χ4v) is 2.71. The van der Waals surface area contributed by atoms with E-state index in [-0.39, 0.29) is 12.4 Å². The van der Waals surface area contributed by atoms with Crippen molar-refractivity contribution in [1.82, 2.24) is 4.90 Å². The summed E-state index contributed by atoms with van der Waals surface area (Å²) >= 11 is 0. The van der Waals surface area contributed by atoms with E-state index in [1.165, 1.54) is 10.8 Å². The van der Waals surface area contributed by atoms with Crippen molar-refractivity contribution in [1.29, 1.82) is 0 Å². The zero-order valence-corrected chi connectivity index (χ0v) is 13.3. The molecule has 2 aromatic carbocycles. The monoisotopic (exact) mass is 320 g/mol. The molecule has 0 aliphatic carbocycles. The van der Waals surface area contributed by atoms with Crippen LogP contribution in [-0.4, -0.2) is 48.7 Å². The van der Waals surface area contributed by atoms with Crippen molar-refractivity contribution in [2.24, 2.45) is 5.16 Å². The first-order chi connectivity index (χ1) is 10.4. The van der Waals surface area contributed by atoms with Crippen LogP contribution in [0, 0.1) is 0 Å². The lowest BCUT2D eigenvalue weighted by Gasteiger charge is -2.26. The molecule has 0 atom stereocenters. The summed E-state index contributed by atoms with van der Waals surface area (Å²) in [4.78, 5) is 2.34. The second kappa shape index (κ2) is 8.13. The Morgan fingerprint density at radius 1 is 1.09 bits per heavy atom. The molecule has 1 fully saturated rings. The highest BCUT2D eigenvalue weighted by molar-refractivity contribution is 6.03. The normalized spacial score (nSPS) is 16.5. The highest BCUT2D eigenvalue weighted by atomic mass is 35.5. The Bertz CT molecular complexity index is 639. The van der Waals surface area contributed by atoms with Crippen LogP contribution in [0.4, 0.5) is 0 Å². The number of rotatable bonds is 4. The van der Waals surface area contributed by atoms with Gasteiger partial charge in [-0.2, -0.15) is 0 Å². The van der Waals surface area contributed by atoms with Crippen LogP contribution in [0.2, 0.25) is 0 Å². The number of hydrogen-bond donors (Lipinski definition) is 1. The maximum absolute atomic E-state index is 9.33. The minimum absolute atomic E-state index is 0. The SMILES string of the molecule is Cl.O/N=C(/CCN1CCOCC1)c1ccc2ccccc2c1. The molecule has 0 aromatic heterocycles. The van der Waals surface area contributed by atoms with Gasteiger partial charge in [0.2, 0.25) is 0 Å². The van der Waals surface area contributed by atoms with Gasteiger partial charge < -0.3 is 9.94 Å². The van der Waals surface area contributed by atoms with Gasteiger partial charge in [0.05, 0.1) is 18.9 Å². The summed E-state index contributed by atoms with van der Waals surface area (Å²) in [6, 6.07) is 14.4. The predicted molar refractivity (Wildman–Crippen MR) is 91.4 cm³/mol. The fraction of sp³-hybridized carbons (Fsp3) is 0.353. The molecule has 1 N–H and O–H groups in total. The van der Waals surface area contributed by atoms with Gasteiger partial charge in [-0.1, -0.05) is 41.6 Å². The summed E-state index contributed by atoms with van der Waals surface area (Å²) in [5.41, 5.74) is 1.73. The second-order valence-electron chi connectivity index (χ2n) is 5.31. The van der Waals surface area contributed by atoms with E-state index in [0.29, 0.717) is 0 Å². The Balaban J connectivity index is 0.00000176. The van der Waals surface area contributed by atoms with Crippen molar-refractivity contribution >= 4 is 28.9 Å². The first-order valence-electron chi connectivity index (χ1n) is 7.37. The summed E-state index contributed by atoms with van der Waals surface area (Å²) in [5.74, 6) is 0. The summed E-state index contributed by atoms with van der Waals surface area (Å²) in [6.45, 7) is 4.39. The summed E-state index contributed by atoms with van der Waals surface area (Å²) in [5, 5.41) is 15.2. The largest absolute Gasteiger partial charge is 0.411 e. The lowest BCUT2D eigenvalue weighted by molar-refractivity contribution is 0.0391. The number of morpholine rings is 1. The van der Waals surface area contributed by atoms with Crippen LogP contribution in [0.3, 0.4) is 0 Å². The van der Waals surface area contributed by atoms with Crippen LogP contribution in [0.5, 0.6) is 0 Å². The Morgan fingerprint density at radius 2 is 1.82 bits per heavy atom. The third-order valence-corrected chi connectivity index (χ3v) is 3.97. The summed E-state index contributed by atoms with van der Waals surface area (Å²) in [7, 11) is 0. The Labute approximate surface area is 136 Å². The molecule has 2 aromatic rings. The highest BCUT2D eigenvalue weighted by Crippen LogP contribution is 2.17. The molecule has 0 radical (unpaired) electrons. The standard InChI is InChI=1S/C17H20N2O2.ClH/c20-18-17(7-8-19-9-11-21-12-10-19)16-6-5-14-3-1-2-4-15(14)13-16;/h1-6,13,20H,7-12H2;1H/b18-17-;. The summed E-state index contributed by atoms with van der Waals surface area (Å²) in [6.07, 6.45) is 0.745. The topological polar surface area (TPSA) is 45.1 Å². The lowest BCUT2D eigenvalue weighted by Crippen LogP contribution is -2.37. The molecule has 0 unspecified atom stereocenters. The molecular weight excluding hydrogens is 300 g/mol. The fourth-order valence-electron chi connectivity index (χ4n) is 2.71. The van der Waals surface area contributed by atoms with E-state index in [1.54, 1.807) is 0 Å². The molecule has 1 aliphatic heterocycles. The third-order valence-electron chi connectivity index (χ3n) is 3.97. The smallest absolute Gasteiger partial charge is 0.0880 e. The summed E-state index contributed by atoms with van der Waals surface area (Å²) < 4.78 is 5.34. The zero-order valence-electron chi connectivity index (χ0n) is 12.4. The van der Waals surface area contributed by atoms with Gasteiger partial charge in [-0.05, 0) is 22.4 Å². The first kappa shape index (κ1) is 16.7. The predicted octanol–water partition coefficient (Wildman–Crippen LogP) is 3.16. The molecule has 1 saturated heterocycles. The van der Waals surface area contributed by atoms with Crippen molar-refractivity contribution < 1.29 is 9.94 Å². The van der Waals surface area contributed by atoms with Gasteiger partial charge in [-0.15, -0.1) is 12.4 Å². The number of nitrogens with zero attached hydrogens (tertiary/aromatic N) is 2. The molecule has 118 valence electrons. The number of halogens is 1. The van der Waals surface area contributed by atoms with Crippen molar-refractivity contribution in [3.8, 4) is 0 Å². The van der Waals surface area contributed by atoms with Gasteiger partial charge in [0.25, 0.3) is 0 Å². The number of ether oxygens (including phenoxy) is 1. The van der Waals surface area contributed by atoms with E-state index in [4.69, 9.17) is 4.74 Å². The molecule has 0 bridgehead atoms. The molecule has 0 spiro atoms. The Morgan fingerprint density at radius 3 is 2.55 bits per heavy atom. The molecule has 0 amide bonds. The molecule has 5 heteroatoms. The highest BCUT2D eigenvalue weighted by Gasteiger charge is 2.12. The van der Waals surface area contributed by atoms with Gasteiger partial charge in [0.1, 0.15) is 0 Å². The van der Waals surface area contributed by atoms with Gasteiger partial charge in [-0.25, -0.2) is 0 Å². The molecule has 1 heterocycles. The van der Waals surface area contributed by atoms with E-state index in [2.05, 4.69) is 34.3 Å². The maximum atomic E-state index is 9.33. The molecule has 0 saturated carbocycles. The van der Waals surface area contributed by atoms with E-state index in [1.807, 2.05) is 18.2 Å². The maximum Gasteiger partial charge on any atom is 0.0880 e. The van der Waals surface area contributed by atoms with E-state index in [9.17, 15) is 5.21 Å². The van der Waals surface area contributed by atoms with Gasteiger partial charge in [0, 0.05) is 26.1 Å². The van der Waals surface area contributed by atoms with Crippen LogP contribution in [0.25, 0.3) is 10.8 Å². The van der Waals surface area contributed by atoms with Crippen molar-refractivity contribution in [2.45, 2.75) is 6.42 Å². The van der Waals surface area contributed by atoms with Crippen molar-refractivity contribution in [3.63, 3.8) is 0 Å². The quantitative estimate of drug-likeness (QED) is 0.534. The van der Waals surface area contributed by atoms with E-state index in [0.717, 1.165) is 50.5 Å². The van der Waals surface area contributed by atoms with Crippen LogP contribution >= 0.6 is 12.4 Å². The van der Waals surface area contributed by atoms with E-state index < -0.39 is 0 Å². The Hall–Kier alpha value is -1.62. The van der Waals surface area contributed by atoms with Gasteiger partial charge >= 0.3 is 0 Å². The van der Waals surface area contributed by atoms with Gasteiger partial charge in [0.15, 0.2) is 0 Å². The molecular formula is C17H21ClN2O2. The van der Waals surface area contributed by atoms with Crippen molar-refractivity contribution in [3.05, 3.63) is 48.0 Å². The number of hydrogen-bond acceptors (Lipinski definition) is 4. The van der Waals surface area contributed by atoms with Crippen LogP contribution in [0.1, 0.15) is 12.0 Å². The second-order valence-corrected chi connectivity index (χ2v) is 5.31. The van der Waals surface area contributed by atoms with E-state index >= 15 is 0 Å². The van der Waals surface area contributed by atoms with Crippen LogP contribution < -0.4 is 0 Å². The zero-order chi connectivity index (χ0) is 14.5. The number of oxime groups is 1. The molecule has 3 rings (SSSR count). The Kier molecular flexibility index (Phi) is 6.19. The van der Waals surface area contributed by atoms with Gasteiger partial charge in [-0.3, -0.25) is 4.90 Å². The molecule has 1 aliphatic rings. The minimum Gasteiger partial charge on any atom is -0.411 e.